The number of carbonyl (C=O) groups excluding carboxylic acids is 2. The van der Waals surface area contributed by atoms with Gasteiger partial charge in [0.1, 0.15) is 5.75 Å². The highest BCUT2D eigenvalue weighted by molar-refractivity contribution is 9.10. The van der Waals surface area contributed by atoms with Crippen molar-refractivity contribution in [2.75, 3.05) is 32.2 Å². The second-order valence-electron chi connectivity index (χ2n) is 7.82. The maximum Gasteiger partial charge on any atom is 0.257 e. The van der Waals surface area contributed by atoms with Crippen molar-refractivity contribution in [1.82, 2.24) is 10.6 Å². The molecule has 188 valence electrons. The van der Waals surface area contributed by atoms with Crippen molar-refractivity contribution in [2.24, 2.45) is 0 Å². The van der Waals surface area contributed by atoms with Crippen molar-refractivity contribution in [1.29, 1.82) is 0 Å². The molecule has 0 heterocycles. The molecule has 3 N–H and O–H groups in total. The van der Waals surface area contributed by atoms with Gasteiger partial charge in [-0.25, -0.2) is 0 Å². The van der Waals surface area contributed by atoms with Gasteiger partial charge < -0.3 is 20.1 Å². The van der Waals surface area contributed by atoms with Crippen molar-refractivity contribution in [3.8, 4) is 5.75 Å². The molecule has 0 atom stereocenters. The first-order chi connectivity index (χ1) is 17.5. The van der Waals surface area contributed by atoms with E-state index in [4.69, 9.17) is 21.7 Å². The SMILES string of the molecule is COCCCNC(=O)c1ccc(NC(=S)NC(=O)c2ccc(OCCc3ccccc3)c(Br)c2)cc1. The predicted molar refractivity (Wildman–Crippen MR) is 149 cm³/mol. The van der Waals surface area contributed by atoms with Gasteiger partial charge in [0, 0.05) is 43.5 Å². The first kappa shape index (κ1) is 27.3. The smallest absolute Gasteiger partial charge is 0.257 e. The van der Waals surface area contributed by atoms with Gasteiger partial charge in [0.05, 0.1) is 11.1 Å². The fourth-order valence-corrected chi connectivity index (χ4v) is 3.95. The number of nitrogens with one attached hydrogen (secondary N) is 3. The Morgan fingerprint density at radius 2 is 1.64 bits per heavy atom. The van der Waals surface area contributed by atoms with Crippen LogP contribution in [0.2, 0.25) is 0 Å². The highest BCUT2D eigenvalue weighted by Gasteiger charge is 2.12. The maximum atomic E-state index is 12.6. The molecule has 0 spiro atoms. The fraction of sp³-hybridized carbons (Fsp3) is 0.222. The molecule has 36 heavy (non-hydrogen) atoms. The number of hydrogen-bond donors (Lipinski definition) is 3. The van der Waals surface area contributed by atoms with E-state index in [1.54, 1.807) is 49.6 Å². The van der Waals surface area contributed by atoms with E-state index in [9.17, 15) is 9.59 Å². The summed E-state index contributed by atoms with van der Waals surface area (Å²) in [7, 11) is 1.62. The molecule has 3 aromatic carbocycles. The largest absolute Gasteiger partial charge is 0.492 e. The Hall–Kier alpha value is -3.27. The van der Waals surface area contributed by atoms with Gasteiger partial charge in [0.15, 0.2) is 5.11 Å². The molecule has 0 aliphatic heterocycles. The van der Waals surface area contributed by atoms with E-state index in [-0.39, 0.29) is 16.9 Å². The average Bonchev–Trinajstić information content (AvgIpc) is 2.88. The van der Waals surface area contributed by atoms with Crippen LogP contribution in [0.1, 0.15) is 32.7 Å². The Kier molecular flexibility index (Phi) is 10.9. The van der Waals surface area contributed by atoms with Crippen molar-refractivity contribution in [3.63, 3.8) is 0 Å². The van der Waals surface area contributed by atoms with Gasteiger partial charge >= 0.3 is 0 Å². The van der Waals surface area contributed by atoms with Crippen molar-refractivity contribution in [3.05, 3.63) is 94.0 Å². The zero-order valence-electron chi connectivity index (χ0n) is 19.9. The summed E-state index contributed by atoms with van der Waals surface area (Å²) in [6.45, 7) is 1.66. The minimum atomic E-state index is -0.351. The molecule has 0 aliphatic carbocycles. The molecule has 0 saturated carbocycles. The van der Waals surface area contributed by atoms with Gasteiger partial charge in [-0.15, -0.1) is 0 Å². The lowest BCUT2D eigenvalue weighted by atomic mass is 10.2. The topological polar surface area (TPSA) is 88.7 Å². The van der Waals surface area contributed by atoms with E-state index in [0.29, 0.717) is 46.8 Å². The van der Waals surface area contributed by atoms with Gasteiger partial charge in [0.2, 0.25) is 0 Å². The van der Waals surface area contributed by atoms with Crippen molar-refractivity contribution >= 4 is 50.8 Å². The quantitative estimate of drug-likeness (QED) is 0.223. The molecular formula is C27H28BrN3O4S. The van der Waals surface area contributed by atoms with E-state index < -0.39 is 0 Å². The summed E-state index contributed by atoms with van der Waals surface area (Å²) >= 11 is 8.74. The van der Waals surface area contributed by atoms with Crippen molar-refractivity contribution in [2.45, 2.75) is 12.8 Å². The van der Waals surface area contributed by atoms with Crippen LogP contribution in [0.5, 0.6) is 5.75 Å². The number of thiocarbonyl (C=S) groups is 1. The van der Waals surface area contributed by atoms with Crippen LogP contribution in [-0.2, 0) is 11.2 Å². The first-order valence-electron chi connectivity index (χ1n) is 11.4. The minimum Gasteiger partial charge on any atom is -0.492 e. The molecule has 0 aromatic heterocycles. The standard InChI is InChI=1S/C27H28BrN3O4S/c1-34-16-5-15-29-25(32)20-8-11-22(12-9-20)30-27(36)31-26(33)21-10-13-24(23(28)18-21)35-17-14-19-6-3-2-4-7-19/h2-4,6-13,18H,5,14-17H2,1H3,(H,29,32)(H2,30,31,33,36). The van der Waals surface area contributed by atoms with Crippen LogP contribution in [0.25, 0.3) is 0 Å². The number of hydrogen-bond acceptors (Lipinski definition) is 5. The molecule has 2 amide bonds. The Bertz CT molecular complexity index is 1170. The predicted octanol–water partition coefficient (Wildman–Crippen LogP) is 4.96. The molecule has 0 unspecified atom stereocenters. The fourth-order valence-electron chi connectivity index (χ4n) is 3.25. The van der Waals surface area contributed by atoms with E-state index in [1.165, 1.54) is 5.56 Å². The molecule has 0 aliphatic rings. The molecule has 0 radical (unpaired) electrons. The number of ether oxygens (including phenoxy) is 2. The Balaban J connectivity index is 1.46. The summed E-state index contributed by atoms with van der Waals surface area (Å²) in [5, 5.41) is 8.59. The summed E-state index contributed by atoms with van der Waals surface area (Å²) < 4.78 is 11.5. The van der Waals surface area contributed by atoms with Crippen LogP contribution in [0.4, 0.5) is 5.69 Å². The third-order valence-electron chi connectivity index (χ3n) is 5.13. The van der Waals surface area contributed by atoms with Crippen LogP contribution in [-0.4, -0.2) is 43.8 Å². The first-order valence-corrected chi connectivity index (χ1v) is 12.6. The van der Waals surface area contributed by atoms with Gasteiger partial charge in [-0.2, -0.15) is 0 Å². The molecule has 0 saturated heterocycles. The number of methoxy groups -OCH3 is 1. The molecule has 0 bridgehead atoms. The lowest BCUT2D eigenvalue weighted by Gasteiger charge is -2.12. The monoisotopic (exact) mass is 569 g/mol. The number of anilines is 1. The highest BCUT2D eigenvalue weighted by Crippen LogP contribution is 2.26. The lowest BCUT2D eigenvalue weighted by Crippen LogP contribution is -2.34. The van der Waals surface area contributed by atoms with Gasteiger partial charge in [-0.05, 0) is 82.6 Å². The van der Waals surface area contributed by atoms with Crippen LogP contribution < -0.4 is 20.7 Å². The summed E-state index contributed by atoms with van der Waals surface area (Å²) in [5.74, 6) is 0.147. The average molecular weight is 571 g/mol. The highest BCUT2D eigenvalue weighted by atomic mass is 79.9. The summed E-state index contributed by atoms with van der Waals surface area (Å²) in [6.07, 6.45) is 1.53. The Morgan fingerprint density at radius 3 is 2.33 bits per heavy atom. The molecule has 9 heteroatoms. The second-order valence-corrected chi connectivity index (χ2v) is 9.08. The zero-order chi connectivity index (χ0) is 25.8. The van der Waals surface area contributed by atoms with Gasteiger partial charge in [0.25, 0.3) is 11.8 Å². The van der Waals surface area contributed by atoms with Gasteiger partial charge in [-0.3, -0.25) is 14.9 Å². The summed E-state index contributed by atoms with van der Waals surface area (Å²) in [4.78, 5) is 24.8. The minimum absolute atomic E-state index is 0.149. The lowest BCUT2D eigenvalue weighted by molar-refractivity contribution is 0.0946. The third-order valence-corrected chi connectivity index (χ3v) is 5.95. The number of carbonyl (C=O) groups is 2. The van der Waals surface area contributed by atoms with Gasteiger partial charge in [-0.1, -0.05) is 30.3 Å². The number of halogens is 1. The molecule has 3 aromatic rings. The molecule has 0 fully saturated rings. The molecule has 3 rings (SSSR count). The Morgan fingerprint density at radius 1 is 0.917 bits per heavy atom. The normalized spacial score (nSPS) is 10.4. The summed E-state index contributed by atoms with van der Waals surface area (Å²) in [6, 6.07) is 22.0. The number of benzene rings is 3. The summed E-state index contributed by atoms with van der Waals surface area (Å²) in [5.41, 5.74) is 2.81. The second kappa shape index (κ2) is 14.3. The van der Waals surface area contributed by atoms with E-state index in [0.717, 1.165) is 12.8 Å². The van der Waals surface area contributed by atoms with E-state index in [2.05, 4.69) is 44.0 Å². The van der Waals surface area contributed by atoms with Crippen LogP contribution in [0.15, 0.2) is 77.3 Å². The van der Waals surface area contributed by atoms with E-state index >= 15 is 0 Å². The molecule has 7 nitrogen and oxygen atoms in total. The number of rotatable bonds is 11. The maximum absolute atomic E-state index is 12.6. The van der Waals surface area contributed by atoms with Crippen LogP contribution in [0, 0.1) is 0 Å². The third kappa shape index (κ3) is 8.75. The van der Waals surface area contributed by atoms with E-state index in [1.807, 2.05) is 18.2 Å². The van der Waals surface area contributed by atoms with Crippen molar-refractivity contribution < 1.29 is 19.1 Å². The van der Waals surface area contributed by atoms with Crippen LogP contribution >= 0.6 is 28.1 Å². The Labute approximate surface area is 224 Å². The number of amides is 2. The van der Waals surface area contributed by atoms with Crippen LogP contribution in [0.3, 0.4) is 0 Å². The zero-order valence-corrected chi connectivity index (χ0v) is 22.3. The molecular weight excluding hydrogens is 542 g/mol.